The minimum Gasteiger partial charge on any atom is -0.481 e. The van der Waals surface area contributed by atoms with Crippen molar-refractivity contribution >= 4 is 35.1 Å². The summed E-state index contributed by atoms with van der Waals surface area (Å²) in [7, 11) is 0. The fourth-order valence-electron chi connectivity index (χ4n) is 6.83. The highest BCUT2D eigenvalue weighted by Gasteiger charge is 2.54. The number of hydrogen-bond donors (Lipinski definition) is 1. The van der Waals surface area contributed by atoms with Crippen LogP contribution in [0.3, 0.4) is 0 Å². The van der Waals surface area contributed by atoms with Gasteiger partial charge in [0.2, 0.25) is 5.91 Å². The molecule has 3 fully saturated rings. The predicted molar refractivity (Wildman–Crippen MR) is 148 cm³/mol. The smallest absolute Gasteiger partial charge is 0.304 e. The highest BCUT2D eigenvalue weighted by Crippen LogP contribution is 2.52. The first-order chi connectivity index (χ1) is 17.8. The molecule has 0 bridgehead atoms. The first kappa shape index (κ1) is 26.8. The number of benzene rings is 1. The van der Waals surface area contributed by atoms with Crippen LogP contribution in [-0.4, -0.2) is 59.0 Å². The molecule has 2 aliphatic heterocycles. The van der Waals surface area contributed by atoms with Crippen LogP contribution >= 0.6 is 23.2 Å². The lowest BCUT2D eigenvalue weighted by Crippen LogP contribution is -2.59. The van der Waals surface area contributed by atoms with Gasteiger partial charge in [0.05, 0.1) is 17.9 Å². The Balaban J connectivity index is 1.60. The van der Waals surface area contributed by atoms with Gasteiger partial charge in [-0.2, -0.15) is 0 Å². The summed E-state index contributed by atoms with van der Waals surface area (Å²) in [5.74, 6) is -0.214. The molecule has 0 radical (unpaired) electrons. The number of carboxylic acid groups (broad SMARTS) is 1. The van der Waals surface area contributed by atoms with Crippen molar-refractivity contribution in [2.24, 2.45) is 17.3 Å². The Labute approximate surface area is 230 Å². The second-order valence-corrected chi connectivity index (χ2v) is 12.7. The van der Waals surface area contributed by atoms with E-state index in [1.54, 1.807) is 0 Å². The first-order valence-electron chi connectivity index (χ1n) is 13.8. The highest BCUT2D eigenvalue weighted by molar-refractivity contribution is 6.30. The maximum absolute atomic E-state index is 14.6. The minimum atomic E-state index is -0.932. The second kappa shape index (κ2) is 11.1. The molecule has 4 atom stereocenters. The molecular formula is C30H38Cl2N2O3. The molecule has 2 aliphatic carbocycles. The van der Waals surface area contributed by atoms with Crippen molar-refractivity contribution in [3.05, 3.63) is 57.6 Å². The van der Waals surface area contributed by atoms with Gasteiger partial charge < -0.3 is 14.9 Å². The number of nitrogens with zero attached hydrogens (tertiary/aromatic N) is 2. The Bertz CT molecular complexity index is 1090. The van der Waals surface area contributed by atoms with Crippen molar-refractivity contribution in [1.29, 1.82) is 0 Å². The van der Waals surface area contributed by atoms with Gasteiger partial charge in [0.1, 0.15) is 0 Å². The summed E-state index contributed by atoms with van der Waals surface area (Å²) < 4.78 is 0. The lowest BCUT2D eigenvalue weighted by molar-refractivity contribution is -0.159. The molecule has 7 heteroatoms. The molecule has 1 aromatic rings. The highest BCUT2D eigenvalue weighted by atomic mass is 35.5. The van der Waals surface area contributed by atoms with Crippen molar-refractivity contribution in [2.75, 3.05) is 26.2 Å². The number of aliphatic carboxylic acids is 1. The molecular weight excluding hydrogens is 507 g/mol. The molecule has 37 heavy (non-hydrogen) atoms. The average Bonchev–Trinajstić information content (AvgIpc) is 3.51. The van der Waals surface area contributed by atoms with Gasteiger partial charge in [-0.25, -0.2) is 0 Å². The number of likely N-dealkylation sites (tertiary alicyclic amines) is 2. The summed E-state index contributed by atoms with van der Waals surface area (Å²) in [6.45, 7) is 5.69. The third-order valence-corrected chi connectivity index (χ3v) is 9.45. The van der Waals surface area contributed by atoms with Crippen LogP contribution in [0.4, 0.5) is 0 Å². The molecule has 1 saturated carbocycles. The van der Waals surface area contributed by atoms with E-state index >= 15 is 0 Å². The first-order valence-corrected chi connectivity index (χ1v) is 14.6. The van der Waals surface area contributed by atoms with Crippen LogP contribution in [-0.2, 0) is 9.59 Å². The lowest BCUT2D eigenvalue weighted by Gasteiger charge is -2.52. The molecule has 4 aliphatic rings. The zero-order valence-electron chi connectivity index (χ0n) is 21.7. The summed E-state index contributed by atoms with van der Waals surface area (Å²) in [4.78, 5) is 31.3. The van der Waals surface area contributed by atoms with Crippen molar-refractivity contribution < 1.29 is 14.7 Å². The molecule has 2 saturated heterocycles. The van der Waals surface area contributed by atoms with Crippen LogP contribution in [0, 0.1) is 17.3 Å². The van der Waals surface area contributed by atoms with Crippen LogP contribution < -0.4 is 0 Å². The number of halogens is 2. The van der Waals surface area contributed by atoms with Crippen molar-refractivity contribution in [3.8, 4) is 0 Å². The Morgan fingerprint density at radius 3 is 2.57 bits per heavy atom. The quantitative estimate of drug-likeness (QED) is 0.387. The number of hydrogen-bond acceptors (Lipinski definition) is 3. The summed E-state index contributed by atoms with van der Waals surface area (Å²) in [5.41, 5.74) is 1.36. The van der Waals surface area contributed by atoms with E-state index in [0.29, 0.717) is 30.3 Å². The van der Waals surface area contributed by atoms with E-state index in [-0.39, 0.29) is 30.2 Å². The summed E-state index contributed by atoms with van der Waals surface area (Å²) in [5, 5.41) is 11.6. The minimum absolute atomic E-state index is 0.0259. The molecule has 1 N–H and O–H groups in total. The number of allylic oxidation sites excluding steroid dienone is 3. The Morgan fingerprint density at radius 1 is 1.16 bits per heavy atom. The van der Waals surface area contributed by atoms with Gasteiger partial charge in [-0.15, -0.1) is 0 Å². The van der Waals surface area contributed by atoms with E-state index in [1.165, 1.54) is 18.4 Å². The predicted octanol–water partition coefficient (Wildman–Crippen LogP) is 6.47. The topological polar surface area (TPSA) is 60.9 Å². The van der Waals surface area contributed by atoms with Gasteiger partial charge in [-0.1, -0.05) is 48.3 Å². The average molecular weight is 546 g/mol. The van der Waals surface area contributed by atoms with Crippen LogP contribution in [0.5, 0.6) is 0 Å². The van der Waals surface area contributed by atoms with Crippen LogP contribution in [0.25, 0.3) is 0 Å². The van der Waals surface area contributed by atoms with Crippen LogP contribution in [0.15, 0.2) is 47.0 Å². The normalized spacial score (nSPS) is 30.8. The third-order valence-electron chi connectivity index (χ3n) is 8.93. The fraction of sp³-hybridized carbons (Fsp3) is 0.600. The Kier molecular flexibility index (Phi) is 8.04. The molecule has 1 aromatic carbocycles. The number of carboxylic acids is 1. The summed E-state index contributed by atoms with van der Waals surface area (Å²) in [6, 6.07) is 7.81. The monoisotopic (exact) mass is 544 g/mol. The van der Waals surface area contributed by atoms with Crippen LogP contribution in [0.1, 0.15) is 69.8 Å². The maximum atomic E-state index is 14.6. The number of carbonyl (C=O) groups excluding carboxylic acids is 1. The number of carbonyl (C=O) groups is 2. The van der Waals surface area contributed by atoms with Crippen LogP contribution in [0.2, 0.25) is 5.02 Å². The number of amides is 1. The lowest BCUT2D eigenvalue weighted by atomic mass is 9.63. The second-order valence-electron chi connectivity index (χ2n) is 11.7. The molecule has 200 valence electrons. The fourth-order valence-corrected chi connectivity index (χ4v) is 7.32. The molecule has 0 spiro atoms. The van der Waals surface area contributed by atoms with E-state index in [1.807, 2.05) is 24.3 Å². The van der Waals surface area contributed by atoms with E-state index < -0.39 is 11.4 Å². The van der Waals surface area contributed by atoms with Gasteiger partial charge in [0, 0.05) is 22.5 Å². The molecule has 5 nitrogen and oxygen atoms in total. The zero-order valence-corrected chi connectivity index (χ0v) is 23.2. The molecule has 1 amide bonds. The number of rotatable bonds is 9. The zero-order chi connectivity index (χ0) is 26.2. The van der Waals surface area contributed by atoms with Crippen molar-refractivity contribution in [3.63, 3.8) is 0 Å². The van der Waals surface area contributed by atoms with Gasteiger partial charge >= 0.3 is 5.97 Å². The van der Waals surface area contributed by atoms with Crippen molar-refractivity contribution in [1.82, 2.24) is 9.80 Å². The summed E-state index contributed by atoms with van der Waals surface area (Å²) >= 11 is 12.9. The largest absolute Gasteiger partial charge is 0.481 e. The van der Waals surface area contributed by atoms with Crippen molar-refractivity contribution in [2.45, 2.75) is 70.3 Å². The van der Waals surface area contributed by atoms with E-state index in [2.05, 4.69) is 28.9 Å². The van der Waals surface area contributed by atoms with E-state index in [9.17, 15) is 14.7 Å². The van der Waals surface area contributed by atoms with E-state index in [4.69, 9.17) is 23.2 Å². The van der Waals surface area contributed by atoms with Gasteiger partial charge in [0.25, 0.3) is 0 Å². The van der Waals surface area contributed by atoms with Gasteiger partial charge in [0.15, 0.2) is 0 Å². The maximum Gasteiger partial charge on any atom is 0.304 e. The Hall–Kier alpha value is -1.82. The van der Waals surface area contributed by atoms with Gasteiger partial charge in [-0.05, 0) is 106 Å². The summed E-state index contributed by atoms with van der Waals surface area (Å²) in [6.07, 6.45) is 10.4. The van der Waals surface area contributed by atoms with E-state index in [0.717, 1.165) is 49.5 Å². The van der Waals surface area contributed by atoms with Gasteiger partial charge in [-0.3, -0.25) is 9.59 Å². The number of piperidine rings is 1. The molecule has 5 rings (SSSR count). The Morgan fingerprint density at radius 2 is 1.92 bits per heavy atom. The molecule has 0 aromatic heterocycles. The standard InChI is InChI=1S/C30H38Cl2N2O3/c1-20-15-24(32)9-10-25(20)28-26(22-5-4-6-23(31)16-22)17-30(18-27(35)36,11-14-33-12-2-3-13-33)29(37)34(28)19-21-7-8-21/h4-6,9-10,16,20-21,26,28H,2-3,7-8,11-15,17-19H2,1H3,(H,35,36)/t20?,26-,28-,30-/m1/s1. The molecule has 1 unspecified atom stereocenters. The third kappa shape index (κ3) is 5.94. The SMILES string of the molecule is CC1CC(Cl)=CC=C1[C@@H]1[C@@H](c2cccc(Cl)c2)C[C@](CCN2CCCC2)(CC(=O)O)C(=O)N1CC1CC1. The molecule has 2 heterocycles.